The van der Waals surface area contributed by atoms with E-state index in [9.17, 15) is 4.79 Å². The van der Waals surface area contributed by atoms with Crippen molar-refractivity contribution in [3.63, 3.8) is 0 Å². The molecular weight excluding hydrogens is 306 g/mol. The van der Waals surface area contributed by atoms with E-state index in [1.54, 1.807) is 12.4 Å². The summed E-state index contributed by atoms with van der Waals surface area (Å²) in [5, 5.41) is 0. The van der Waals surface area contributed by atoms with Gasteiger partial charge in [0.15, 0.2) is 0 Å². The minimum atomic E-state index is -0.422. The summed E-state index contributed by atoms with van der Waals surface area (Å²) < 4.78 is 2.83. The lowest BCUT2D eigenvalue weighted by Gasteiger charge is -2.15. The smallest absolute Gasteiger partial charge is 0.251 e. The van der Waals surface area contributed by atoms with E-state index in [1.807, 2.05) is 19.1 Å². The highest BCUT2D eigenvalue weighted by Crippen LogP contribution is 2.37. The van der Waals surface area contributed by atoms with Gasteiger partial charge in [-0.05, 0) is 48.8 Å². The molecule has 2 rings (SSSR count). The molecule has 100 valence electrons. The van der Waals surface area contributed by atoms with E-state index in [0.717, 1.165) is 21.4 Å². The van der Waals surface area contributed by atoms with Crippen molar-refractivity contribution in [1.82, 2.24) is 9.55 Å². The summed E-state index contributed by atoms with van der Waals surface area (Å²) >= 11 is 3.51. The van der Waals surface area contributed by atoms with Gasteiger partial charge in [0.1, 0.15) is 0 Å². The van der Waals surface area contributed by atoms with Crippen LogP contribution in [0.5, 0.6) is 0 Å². The molecule has 0 aliphatic carbocycles. The van der Waals surface area contributed by atoms with Gasteiger partial charge >= 0.3 is 0 Å². The number of primary amides is 1. The zero-order chi connectivity index (χ0) is 14.2. The third-order valence-corrected chi connectivity index (χ3v) is 3.86. The maximum Gasteiger partial charge on any atom is 0.251 e. The lowest BCUT2D eigenvalue weighted by molar-refractivity contribution is 0.0999. The van der Waals surface area contributed by atoms with Gasteiger partial charge in [0.05, 0.1) is 15.7 Å². The molecule has 0 unspecified atom stereocenters. The molecule has 5 heteroatoms. The Morgan fingerprint density at radius 3 is 2.63 bits per heavy atom. The number of amides is 1. The third-order valence-electron chi connectivity index (χ3n) is 3.09. The van der Waals surface area contributed by atoms with E-state index in [2.05, 4.69) is 39.3 Å². The zero-order valence-corrected chi connectivity index (χ0v) is 12.7. The Bertz CT molecular complexity index is 617. The van der Waals surface area contributed by atoms with Gasteiger partial charge in [-0.2, -0.15) is 0 Å². The van der Waals surface area contributed by atoms with Crippen LogP contribution in [0.25, 0.3) is 11.3 Å². The zero-order valence-electron chi connectivity index (χ0n) is 11.1. The van der Waals surface area contributed by atoms with Gasteiger partial charge in [-0.1, -0.05) is 0 Å². The van der Waals surface area contributed by atoms with Crippen LogP contribution in [0.2, 0.25) is 0 Å². The topological polar surface area (TPSA) is 60.9 Å². The normalized spacial score (nSPS) is 11.0. The number of rotatable bonds is 3. The summed E-state index contributed by atoms with van der Waals surface area (Å²) in [4.78, 5) is 15.8. The number of halogens is 1. The summed E-state index contributed by atoms with van der Waals surface area (Å²) in [7, 11) is 0. The number of aromatic nitrogens is 2. The van der Waals surface area contributed by atoms with E-state index in [-0.39, 0.29) is 6.04 Å². The number of pyridine rings is 1. The molecule has 2 N–H and O–H groups in total. The third kappa shape index (κ3) is 2.30. The predicted molar refractivity (Wildman–Crippen MR) is 79.0 cm³/mol. The molecule has 0 bridgehead atoms. The highest BCUT2D eigenvalue weighted by atomic mass is 79.9. The molecule has 0 saturated heterocycles. The standard InChI is InChI=1S/C14H16BrN3O/c1-8(2)18-9(3)11(14(16)19)12(15)13(18)10-5-4-6-17-7-10/h4-8H,1-3H3,(H2,16,19). The molecule has 19 heavy (non-hydrogen) atoms. The number of nitrogens with two attached hydrogens (primary N) is 1. The van der Waals surface area contributed by atoms with E-state index < -0.39 is 5.91 Å². The summed E-state index contributed by atoms with van der Waals surface area (Å²) in [6.07, 6.45) is 3.51. The Morgan fingerprint density at radius 2 is 2.16 bits per heavy atom. The SMILES string of the molecule is Cc1c(C(N)=O)c(Br)c(-c2cccnc2)n1C(C)C. The van der Waals surface area contributed by atoms with Crippen molar-refractivity contribution in [2.75, 3.05) is 0 Å². The minimum Gasteiger partial charge on any atom is -0.366 e. The summed E-state index contributed by atoms with van der Waals surface area (Å²) in [5.74, 6) is -0.422. The molecule has 0 aromatic carbocycles. The van der Waals surface area contributed by atoms with Crippen LogP contribution in [0.15, 0.2) is 29.0 Å². The number of hydrogen-bond donors (Lipinski definition) is 1. The molecule has 4 nitrogen and oxygen atoms in total. The molecular formula is C14H16BrN3O. The lowest BCUT2D eigenvalue weighted by atomic mass is 10.2. The second-order valence-electron chi connectivity index (χ2n) is 4.69. The Hall–Kier alpha value is -1.62. The van der Waals surface area contributed by atoms with Crippen molar-refractivity contribution in [2.24, 2.45) is 5.73 Å². The lowest BCUT2D eigenvalue weighted by Crippen LogP contribution is -2.13. The molecule has 0 radical (unpaired) electrons. The Labute approximate surface area is 120 Å². The van der Waals surface area contributed by atoms with Crippen LogP contribution in [0.3, 0.4) is 0 Å². The quantitative estimate of drug-likeness (QED) is 0.942. The maximum absolute atomic E-state index is 11.6. The van der Waals surface area contributed by atoms with Gasteiger partial charge in [-0.3, -0.25) is 9.78 Å². The van der Waals surface area contributed by atoms with Gasteiger partial charge in [-0.25, -0.2) is 0 Å². The maximum atomic E-state index is 11.6. The van der Waals surface area contributed by atoms with Crippen LogP contribution in [0.1, 0.15) is 35.9 Å². The van der Waals surface area contributed by atoms with Crippen LogP contribution in [0, 0.1) is 6.92 Å². The van der Waals surface area contributed by atoms with Gasteiger partial charge in [0.25, 0.3) is 5.91 Å². The van der Waals surface area contributed by atoms with Crippen LogP contribution < -0.4 is 5.73 Å². The molecule has 0 fully saturated rings. The fourth-order valence-corrected chi connectivity index (χ4v) is 3.27. The van der Waals surface area contributed by atoms with Gasteiger partial charge in [-0.15, -0.1) is 0 Å². The van der Waals surface area contributed by atoms with Crippen LogP contribution in [0.4, 0.5) is 0 Å². The Kier molecular flexibility index (Phi) is 3.75. The average Bonchev–Trinajstić information content (AvgIpc) is 2.61. The molecule has 2 aromatic rings. The van der Waals surface area contributed by atoms with Crippen molar-refractivity contribution in [3.8, 4) is 11.3 Å². The number of carbonyl (C=O) groups is 1. The summed E-state index contributed by atoms with van der Waals surface area (Å²) in [6, 6.07) is 4.06. The number of nitrogens with zero attached hydrogens (tertiary/aromatic N) is 2. The van der Waals surface area contributed by atoms with E-state index >= 15 is 0 Å². The number of carbonyl (C=O) groups excluding carboxylic acids is 1. The monoisotopic (exact) mass is 321 g/mol. The highest BCUT2D eigenvalue weighted by Gasteiger charge is 2.24. The Morgan fingerprint density at radius 1 is 1.47 bits per heavy atom. The van der Waals surface area contributed by atoms with E-state index in [4.69, 9.17) is 5.73 Å². The van der Waals surface area contributed by atoms with E-state index in [0.29, 0.717) is 5.56 Å². The van der Waals surface area contributed by atoms with Gasteiger partial charge in [0.2, 0.25) is 0 Å². The molecule has 1 amide bonds. The van der Waals surface area contributed by atoms with E-state index in [1.165, 1.54) is 0 Å². The average molecular weight is 322 g/mol. The van der Waals surface area contributed by atoms with Crippen molar-refractivity contribution in [3.05, 3.63) is 40.3 Å². The first kappa shape index (κ1) is 13.8. The second kappa shape index (κ2) is 5.17. The fraction of sp³-hybridized carbons (Fsp3) is 0.286. The van der Waals surface area contributed by atoms with Crippen LogP contribution in [-0.2, 0) is 0 Å². The molecule has 2 heterocycles. The van der Waals surface area contributed by atoms with Crippen molar-refractivity contribution >= 4 is 21.8 Å². The molecule has 0 atom stereocenters. The second-order valence-corrected chi connectivity index (χ2v) is 5.49. The summed E-state index contributed by atoms with van der Waals surface area (Å²) in [5.41, 5.74) is 8.78. The summed E-state index contributed by atoms with van der Waals surface area (Å²) in [6.45, 7) is 6.05. The van der Waals surface area contributed by atoms with Crippen molar-refractivity contribution < 1.29 is 4.79 Å². The fourth-order valence-electron chi connectivity index (χ4n) is 2.37. The van der Waals surface area contributed by atoms with Gasteiger partial charge in [0, 0.05) is 29.7 Å². The largest absolute Gasteiger partial charge is 0.366 e. The van der Waals surface area contributed by atoms with Crippen molar-refractivity contribution in [2.45, 2.75) is 26.8 Å². The highest BCUT2D eigenvalue weighted by molar-refractivity contribution is 9.10. The van der Waals surface area contributed by atoms with Gasteiger partial charge < -0.3 is 10.3 Å². The first-order valence-electron chi connectivity index (χ1n) is 6.05. The first-order valence-corrected chi connectivity index (χ1v) is 6.85. The first-order chi connectivity index (χ1) is 8.95. The minimum absolute atomic E-state index is 0.222. The molecule has 2 aromatic heterocycles. The molecule has 0 spiro atoms. The van der Waals surface area contributed by atoms with Crippen LogP contribution in [-0.4, -0.2) is 15.5 Å². The molecule has 0 aliphatic rings. The van der Waals surface area contributed by atoms with Crippen molar-refractivity contribution in [1.29, 1.82) is 0 Å². The van der Waals surface area contributed by atoms with Crippen LogP contribution >= 0.6 is 15.9 Å². The predicted octanol–water partition coefficient (Wildman–Crippen LogP) is 3.30. The Balaban J connectivity index is 2.80. The molecule has 0 aliphatic heterocycles. The molecule has 0 saturated carbocycles. The number of hydrogen-bond acceptors (Lipinski definition) is 2.